The molecule has 0 bridgehead atoms. The second kappa shape index (κ2) is 6.99. The number of nitrogens with zero attached hydrogens (tertiary/aromatic N) is 3. The molecule has 0 aliphatic carbocycles. The van der Waals surface area contributed by atoms with Crippen molar-refractivity contribution in [1.29, 1.82) is 0 Å². The van der Waals surface area contributed by atoms with E-state index in [0.717, 1.165) is 33.2 Å². The minimum absolute atomic E-state index is 0.144. The average Bonchev–Trinajstić information content (AvgIpc) is 3.38. The maximum absolute atomic E-state index is 5.53. The summed E-state index contributed by atoms with van der Waals surface area (Å²) >= 11 is 1.72. The Morgan fingerprint density at radius 3 is 2.47 bits per heavy atom. The summed E-state index contributed by atoms with van der Waals surface area (Å²) < 4.78 is 12.0. The molecule has 2 aromatic carbocycles. The lowest BCUT2D eigenvalue weighted by Crippen LogP contribution is -2.11. The van der Waals surface area contributed by atoms with Gasteiger partial charge in [0, 0.05) is 23.7 Å². The second-order valence-corrected chi connectivity index (χ2v) is 9.50. The van der Waals surface area contributed by atoms with E-state index >= 15 is 0 Å². The lowest BCUT2D eigenvalue weighted by Gasteiger charge is -2.19. The molecule has 0 fully saturated rings. The lowest BCUT2D eigenvalue weighted by molar-refractivity contribution is 0.174. The summed E-state index contributed by atoms with van der Waals surface area (Å²) in [6.07, 6.45) is 1.63. The van der Waals surface area contributed by atoms with E-state index < -0.39 is 0 Å². The van der Waals surface area contributed by atoms with Gasteiger partial charge in [-0.25, -0.2) is 9.97 Å². The fraction of sp³-hybridized carbons (Fsp3) is 0.250. The molecule has 6 heteroatoms. The van der Waals surface area contributed by atoms with Crippen LogP contribution in [0.1, 0.15) is 26.3 Å². The molecule has 0 saturated heterocycles. The van der Waals surface area contributed by atoms with Crippen molar-refractivity contribution in [2.45, 2.75) is 26.2 Å². The highest BCUT2D eigenvalue weighted by molar-refractivity contribution is 7.22. The number of rotatable bonds is 3. The highest BCUT2D eigenvalue weighted by Gasteiger charge is 2.19. The molecule has 2 aromatic heterocycles. The van der Waals surface area contributed by atoms with Gasteiger partial charge in [-0.05, 0) is 34.7 Å². The molecule has 5 rings (SSSR count). The summed E-state index contributed by atoms with van der Waals surface area (Å²) in [7, 11) is 2.01. The van der Waals surface area contributed by atoms with Crippen LogP contribution in [0.3, 0.4) is 0 Å². The van der Waals surface area contributed by atoms with Crippen LogP contribution in [0.25, 0.3) is 20.7 Å². The van der Waals surface area contributed by atoms with Gasteiger partial charge in [-0.2, -0.15) is 0 Å². The van der Waals surface area contributed by atoms with Crippen LogP contribution in [0, 0.1) is 0 Å². The molecule has 0 unspecified atom stereocenters. The van der Waals surface area contributed by atoms with E-state index in [9.17, 15) is 0 Å². The number of ether oxygens (including phenoxy) is 2. The molecular formula is C24H23N3O2S. The monoisotopic (exact) mass is 417 g/mol. The molecule has 0 amide bonds. The summed E-state index contributed by atoms with van der Waals surface area (Å²) in [5, 5.41) is 0. The molecular weight excluding hydrogens is 394 g/mol. The van der Waals surface area contributed by atoms with E-state index in [-0.39, 0.29) is 12.2 Å². The van der Waals surface area contributed by atoms with Gasteiger partial charge in [0.2, 0.25) is 6.79 Å². The van der Waals surface area contributed by atoms with Crippen LogP contribution in [-0.4, -0.2) is 23.8 Å². The summed E-state index contributed by atoms with van der Waals surface area (Å²) in [6.45, 7) is 6.96. The standard InChI is InChI=1S/C24H23N3O2S/c1-24(2,3)16-7-5-15(6-8-16)21-12-18-22(30-21)23(26-13-25-18)27(4)17-9-10-19-20(11-17)29-14-28-19/h5-13H,14H2,1-4H3. The first kappa shape index (κ1) is 18.9. The molecule has 0 saturated carbocycles. The fourth-order valence-corrected chi connectivity index (χ4v) is 4.72. The molecule has 0 atom stereocenters. The normalized spacial score (nSPS) is 13.1. The van der Waals surface area contributed by atoms with Crippen LogP contribution in [0.5, 0.6) is 11.5 Å². The molecule has 30 heavy (non-hydrogen) atoms. The fourth-order valence-electron chi connectivity index (χ4n) is 3.57. The van der Waals surface area contributed by atoms with Gasteiger partial charge < -0.3 is 14.4 Å². The van der Waals surface area contributed by atoms with Gasteiger partial charge in [-0.1, -0.05) is 45.0 Å². The van der Waals surface area contributed by atoms with Crippen LogP contribution in [0.15, 0.2) is 54.9 Å². The Bertz CT molecular complexity index is 1230. The average molecular weight is 418 g/mol. The van der Waals surface area contributed by atoms with Crippen LogP contribution in [0.2, 0.25) is 0 Å². The third-order valence-electron chi connectivity index (χ3n) is 5.39. The second-order valence-electron chi connectivity index (χ2n) is 8.45. The summed E-state index contributed by atoms with van der Waals surface area (Å²) in [6, 6.07) is 16.9. The van der Waals surface area contributed by atoms with E-state index in [0.29, 0.717) is 0 Å². The number of fused-ring (bicyclic) bond motifs is 2. The highest BCUT2D eigenvalue weighted by atomic mass is 32.1. The van der Waals surface area contributed by atoms with E-state index in [1.54, 1.807) is 17.7 Å². The molecule has 0 N–H and O–H groups in total. The van der Waals surface area contributed by atoms with Gasteiger partial charge in [0.1, 0.15) is 6.33 Å². The highest BCUT2D eigenvalue weighted by Crippen LogP contribution is 2.41. The van der Waals surface area contributed by atoms with E-state index in [2.05, 4.69) is 66.0 Å². The van der Waals surface area contributed by atoms with Crippen molar-refractivity contribution in [3.63, 3.8) is 0 Å². The minimum Gasteiger partial charge on any atom is -0.454 e. The molecule has 5 nitrogen and oxygen atoms in total. The first-order valence-corrected chi connectivity index (χ1v) is 10.7. The number of benzene rings is 2. The Labute approximate surface area is 179 Å². The molecule has 0 spiro atoms. The van der Waals surface area contributed by atoms with Crippen molar-refractivity contribution in [2.75, 3.05) is 18.7 Å². The Morgan fingerprint density at radius 1 is 0.933 bits per heavy atom. The first-order valence-electron chi connectivity index (χ1n) is 9.89. The number of hydrogen-bond acceptors (Lipinski definition) is 6. The first-order chi connectivity index (χ1) is 14.4. The van der Waals surface area contributed by atoms with Crippen LogP contribution >= 0.6 is 11.3 Å². The predicted octanol–water partition coefficient (Wildman–Crippen LogP) is 6.15. The largest absolute Gasteiger partial charge is 0.454 e. The van der Waals surface area contributed by atoms with Crippen molar-refractivity contribution in [3.8, 4) is 21.9 Å². The maximum atomic E-state index is 5.53. The predicted molar refractivity (Wildman–Crippen MR) is 122 cm³/mol. The Kier molecular flexibility index (Phi) is 4.40. The Balaban J connectivity index is 1.52. The van der Waals surface area contributed by atoms with Crippen LogP contribution in [0.4, 0.5) is 11.5 Å². The minimum atomic E-state index is 0.144. The van der Waals surface area contributed by atoms with Gasteiger partial charge in [-0.3, -0.25) is 0 Å². The van der Waals surface area contributed by atoms with Crippen molar-refractivity contribution < 1.29 is 9.47 Å². The maximum Gasteiger partial charge on any atom is 0.231 e. The number of anilines is 2. The zero-order valence-electron chi connectivity index (χ0n) is 17.5. The topological polar surface area (TPSA) is 47.5 Å². The van der Waals surface area contributed by atoms with E-state index in [1.807, 2.05) is 25.2 Å². The zero-order valence-corrected chi connectivity index (χ0v) is 18.3. The Hall–Kier alpha value is -3.12. The molecule has 152 valence electrons. The van der Waals surface area contributed by atoms with E-state index in [4.69, 9.17) is 9.47 Å². The van der Waals surface area contributed by atoms with Gasteiger partial charge in [0.05, 0.1) is 10.2 Å². The van der Waals surface area contributed by atoms with Crippen molar-refractivity contribution in [3.05, 3.63) is 60.4 Å². The lowest BCUT2D eigenvalue weighted by atomic mass is 9.86. The van der Waals surface area contributed by atoms with E-state index in [1.165, 1.54) is 16.0 Å². The van der Waals surface area contributed by atoms with Gasteiger partial charge >= 0.3 is 0 Å². The smallest absolute Gasteiger partial charge is 0.231 e. The van der Waals surface area contributed by atoms with Crippen LogP contribution in [-0.2, 0) is 5.41 Å². The van der Waals surface area contributed by atoms with Gasteiger partial charge in [0.15, 0.2) is 17.3 Å². The van der Waals surface area contributed by atoms with Crippen molar-refractivity contribution in [2.24, 2.45) is 0 Å². The zero-order chi connectivity index (χ0) is 20.9. The quantitative estimate of drug-likeness (QED) is 0.400. The third kappa shape index (κ3) is 3.27. The van der Waals surface area contributed by atoms with Crippen LogP contribution < -0.4 is 14.4 Å². The molecule has 4 aromatic rings. The molecule has 1 aliphatic heterocycles. The summed E-state index contributed by atoms with van der Waals surface area (Å²) in [5.41, 5.74) is 4.61. The SMILES string of the molecule is CN(c1ccc2c(c1)OCO2)c1ncnc2cc(-c3ccc(C(C)(C)C)cc3)sc12. The number of hydrogen-bond donors (Lipinski definition) is 0. The molecule has 0 radical (unpaired) electrons. The van der Waals surface area contributed by atoms with Gasteiger partial charge in [0.25, 0.3) is 0 Å². The summed E-state index contributed by atoms with van der Waals surface area (Å²) in [4.78, 5) is 12.3. The molecule has 1 aliphatic rings. The Morgan fingerprint density at radius 2 is 1.70 bits per heavy atom. The molecule has 3 heterocycles. The van der Waals surface area contributed by atoms with Gasteiger partial charge in [-0.15, -0.1) is 11.3 Å². The summed E-state index contributed by atoms with van der Waals surface area (Å²) in [5.74, 6) is 2.41. The third-order valence-corrected chi connectivity index (χ3v) is 6.56. The van der Waals surface area contributed by atoms with Crippen molar-refractivity contribution in [1.82, 2.24) is 9.97 Å². The number of aromatic nitrogens is 2. The van der Waals surface area contributed by atoms with Crippen molar-refractivity contribution >= 4 is 33.1 Å². The number of thiophene rings is 1.